The number of benzene rings is 2. The number of aromatic nitrogens is 3. The lowest BCUT2D eigenvalue weighted by Gasteiger charge is -2.30. The van der Waals surface area contributed by atoms with Gasteiger partial charge in [-0.15, -0.1) is 0 Å². The lowest BCUT2D eigenvalue weighted by Crippen LogP contribution is -2.42. The van der Waals surface area contributed by atoms with Crippen LogP contribution in [0, 0.1) is 6.92 Å². The number of aryl methyl sites for hydroxylation is 1. The summed E-state index contributed by atoms with van der Waals surface area (Å²) in [5.74, 6) is 0.486. The first-order chi connectivity index (χ1) is 17.1. The molecule has 0 radical (unpaired) electrons. The number of hydrogen-bond donors (Lipinski definition) is 0. The van der Waals surface area contributed by atoms with Crippen LogP contribution in [0.4, 0.5) is 0 Å². The molecule has 0 bridgehead atoms. The predicted molar refractivity (Wildman–Crippen MR) is 137 cm³/mol. The van der Waals surface area contributed by atoms with Gasteiger partial charge in [-0.3, -0.25) is 19.1 Å². The van der Waals surface area contributed by atoms with Crippen LogP contribution in [0.3, 0.4) is 0 Å². The number of carbonyl (C=O) groups is 1. The van der Waals surface area contributed by atoms with Crippen molar-refractivity contribution in [3.05, 3.63) is 129 Å². The van der Waals surface area contributed by atoms with Crippen LogP contribution >= 0.6 is 0 Å². The van der Waals surface area contributed by atoms with Crippen LogP contribution in [0.25, 0.3) is 0 Å². The Hall–Kier alpha value is -4.06. The highest BCUT2D eigenvalue weighted by molar-refractivity contribution is 5.92. The summed E-state index contributed by atoms with van der Waals surface area (Å²) in [6.07, 6.45) is 2.08. The topological polar surface area (TPSA) is 68.1 Å². The molecule has 6 nitrogen and oxygen atoms in total. The molecule has 0 spiro atoms. The standard InChI is InChI=1S/C27H24N4O2.C2H6/c1-19-29-24-18-30(27(33)23-14-8-9-16-28-23)17-15-22(24)26(32)31(19)25(20-10-4-2-5-11-20)21-12-6-3-7-13-21;1-2/h2-14,16,25H,15,17-18H2,1H3;1-2H3. The highest BCUT2D eigenvalue weighted by Crippen LogP contribution is 2.27. The third-order valence-electron chi connectivity index (χ3n) is 6.10. The molecule has 2 aromatic carbocycles. The van der Waals surface area contributed by atoms with E-state index in [1.807, 2.05) is 81.4 Å². The zero-order chi connectivity index (χ0) is 24.8. The second-order valence-corrected chi connectivity index (χ2v) is 8.18. The van der Waals surface area contributed by atoms with Crippen molar-refractivity contribution in [2.75, 3.05) is 6.54 Å². The lowest BCUT2D eigenvalue weighted by molar-refractivity contribution is 0.0724. The van der Waals surface area contributed by atoms with Gasteiger partial charge >= 0.3 is 0 Å². The molecule has 2 aromatic heterocycles. The highest BCUT2D eigenvalue weighted by atomic mass is 16.2. The first kappa shape index (κ1) is 24.1. The van der Waals surface area contributed by atoms with E-state index in [1.165, 1.54) is 0 Å². The number of pyridine rings is 1. The van der Waals surface area contributed by atoms with E-state index in [4.69, 9.17) is 4.98 Å². The summed E-state index contributed by atoms with van der Waals surface area (Å²) in [7, 11) is 0. The Bertz CT molecular complexity index is 1300. The third kappa shape index (κ3) is 4.92. The second kappa shape index (κ2) is 10.9. The molecule has 1 aliphatic heterocycles. The second-order valence-electron chi connectivity index (χ2n) is 8.18. The summed E-state index contributed by atoms with van der Waals surface area (Å²) in [5.41, 5.74) is 3.77. The molecule has 1 amide bonds. The number of hydrogen-bond acceptors (Lipinski definition) is 4. The van der Waals surface area contributed by atoms with E-state index in [0.717, 1.165) is 11.1 Å². The van der Waals surface area contributed by atoms with Crippen LogP contribution in [0.5, 0.6) is 0 Å². The predicted octanol–water partition coefficient (Wildman–Crippen LogP) is 4.81. The van der Waals surface area contributed by atoms with E-state index in [-0.39, 0.29) is 17.5 Å². The Kier molecular flexibility index (Phi) is 7.51. The quantitative estimate of drug-likeness (QED) is 0.433. The first-order valence-electron chi connectivity index (χ1n) is 12.0. The van der Waals surface area contributed by atoms with Gasteiger partial charge in [0, 0.05) is 18.3 Å². The Morgan fingerprint density at radius 1 is 0.886 bits per heavy atom. The van der Waals surface area contributed by atoms with Gasteiger partial charge in [-0.05, 0) is 36.6 Å². The van der Waals surface area contributed by atoms with Crippen molar-refractivity contribution in [2.45, 2.75) is 39.8 Å². The minimum absolute atomic E-state index is 0.0415. The van der Waals surface area contributed by atoms with Crippen molar-refractivity contribution in [1.82, 2.24) is 19.4 Å². The molecule has 0 fully saturated rings. The van der Waals surface area contributed by atoms with Gasteiger partial charge < -0.3 is 4.90 Å². The van der Waals surface area contributed by atoms with Crippen LogP contribution in [0.1, 0.15) is 58.6 Å². The number of fused-ring (bicyclic) bond motifs is 1. The minimum Gasteiger partial charge on any atom is -0.331 e. The first-order valence-corrected chi connectivity index (χ1v) is 12.0. The summed E-state index contributed by atoms with van der Waals surface area (Å²) < 4.78 is 1.79. The molecular formula is C29H30N4O2. The molecule has 0 N–H and O–H groups in total. The van der Waals surface area contributed by atoms with Crippen molar-refractivity contribution < 1.29 is 4.79 Å². The van der Waals surface area contributed by atoms with Gasteiger partial charge in [0.1, 0.15) is 11.5 Å². The van der Waals surface area contributed by atoms with Crippen molar-refractivity contribution >= 4 is 5.91 Å². The van der Waals surface area contributed by atoms with E-state index in [2.05, 4.69) is 4.98 Å². The zero-order valence-corrected chi connectivity index (χ0v) is 20.4. The van der Waals surface area contributed by atoms with Gasteiger partial charge in [-0.25, -0.2) is 4.98 Å². The van der Waals surface area contributed by atoms with Crippen LogP contribution < -0.4 is 5.56 Å². The highest BCUT2D eigenvalue weighted by Gasteiger charge is 2.29. The van der Waals surface area contributed by atoms with Gasteiger partial charge in [0.15, 0.2) is 0 Å². The molecule has 6 heteroatoms. The van der Waals surface area contributed by atoms with E-state index >= 15 is 0 Å². The molecule has 3 heterocycles. The number of nitrogens with zero attached hydrogens (tertiary/aromatic N) is 4. The molecule has 35 heavy (non-hydrogen) atoms. The maximum absolute atomic E-state index is 13.8. The molecular weight excluding hydrogens is 436 g/mol. The molecule has 5 rings (SSSR count). The van der Waals surface area contributed by atoms with E-state index in [1.54, 1.807) is 33.9 Å². The van der Waals surface area contributed by atoms with Crippen molar-refractivity contribution in [2.24, 2.45) is 0 Å². The van der Waals surface area contributed by atoms with Crippen molar-refractivity contribution in [3.63, 3.8) is 0 Å². The van der Waals surface area contributed by atoms with Crippen molar-refractivity contribution in [3.8, 4) is 0 Å². The molecule has 0 atom stereocenters. The summed E-state index contributed by atoms with van der Waals surface area (Å²) >= 11 is 0. The minimum atomic E-state index is -0.272. The smallest absolute Gasteiger partial charge is 0.272 e. The average molecular weight is 467 g/mol. The molecule has 0 aliphatic carbocycles. The van der Waals surface area contributed by atoms with Crippen LogP contribution in [0.15, 0.2) is 89.9 Å². The fourth-order valence-electron chi connectivity index (χ4n) is 4.51. The largest absolute Gasteiger partial charge is 0.331 e. The van der Waals surface area contributed by atoms with Gasteiger partial charge in [0.25, 0.3) is 11.5 Å². The van der Waals surface area contributed by atoms with Gasteiger partial charge in [0.05, 0.1) is 18.3 Å². The fraction of sp³-hybridized carbons (Fsp3) is 0.241. The van der Waals surface area contributed by atoms with E-state index in [0.29, 0.717) is 42.3 Å². The van der Waals surface area contributed by atoms with Gasteiger partial charge in [0.2, 0.25) is 0 Å². The third-order valence-corrected chi connectivity index (χ3v) is 6.10. The lowest BCUT2D eigenvalue weighted by atomic mass is 9.97. The Morgan fingerprint density at radius 3 is 2.06 bits per heavy atom. The molecule has 0 saturated heterocycles. The molecule has 4 aromatic rings. The molecule has 0 unspecified atom stereocenters. The van der Waals surface area contributed by atoms with E-state index < -0.39 is 0 Å². The molecule has 1 aliphatic rings. The van der Waals surface area contributed by atoms with Crippen LogP contribution in [-0.2, 0) is 13.0 Å². The zero-order valence-electron chi connectivity index (χ0n) is 20.4. The van der Waals surface area contributed by atoms with Crippen molar-refractivity contribution in [1.29, 1.82) is 0 Å². The van der Waals surface area contributed by atoms with E-state index in [9.17, 15) is 9.59 Å². The van der Waals surface area contributed by atoms with Crippen LogP contribution in [0.2, 0.25) is 0 Å². The summed E-state index contributed by atoms with van der Waals surface area (Å²) in [6, 6.07) is 25.1. The summed E-state index contributed by atoms with van der Waals surface area (Å²) in [5, 5.41) is 0. The Labute approximate surface area is 205 Å². The normalized spacial score (nSPS) is 12.5. The molecule has 0 saturated carbocycles. The maximum Gasteiger partial charge on any atom is 0.272 e. The van der Waals surface area contributed by atoms with Gasteiger partial charge in [-0.2, -0.15) is 0 Å². The van der Waals surface area contributed by atoms with Crippen LogP contribution in [-0.4, -0.2) is 31.9 Å². The number of rotatable bonds is 4. The Morgan fingerprint density at radius 2 is 1.49 bits per heavy atom. The SMILES string of the molecule is CC.Cc1nc2c(c(=O)n1C(c1ccccc1)c1ccccc1)CCN(C(=O)c1ccccn1)C2. The summed E-state index contributed by atoms with van der Waals surface area (Å²) in [6.45, 7) is 6.63. The maximum atomic E-state index is 13.8. The Balaban J connectivity index is 0.00000141. The summed E-state index contributed by atoms with van der Waals surface area (Å²) in [4.78, 5) is 37.4. The number of amides is 1. The molecule has 178 valence electrons. The fourth-order valence-corrected chi connectivity index (χ4v) is 4.51. The average Bonchev–Trinajstić information content (AvgIpc) is 2.93. The van der Waals surface area contributed by atoms with Gasteiger partial charge in [-0.1, -0.05) is 80.6 Å². The number of carbonyl (C=O) groups excluding carboxylic acids is 1. The monoisotopic (exact) mass is 466 g/mol.